The molecule has 1 aromatic carbocycles. The molecule has 0 radical (unpaired) electrons. The minimum Gasteiger partial charge on any atom is -0.493 e. The molecule has 1 aliphatic rings. The van der Waals surface area contributed by atoms with Crippen molar-refractivity contribution in [2.45, 2.75) is 19.8 Å². The van der Waals surface area contributed by atoms with Gasteiger partial charge in [0.2, 0.25) is 5.91 Å². The third-order valence-electron chi connectivity index (χ3n) is 4.55. The monoisotopic (exact) mass is 373 g/mol. The number of ether oxygens (including phenoxy) is 1. The number of para-hydroxylation sites is 1. The highest BCUT2D eigenvalue weighted by Gasteiger charge is 2.21. The third kappa shape index (κ3) is 4.88. The van der Waals surface area contributed by atoms with E-state index < -0.39 is 0 Å². The number of rotatable bonds is 6. The van der Waals surface area contributed by atoms with E-state index in [4.69, 9.17) is 16.3 Å². The van der Waals surface area contributed by atoms with Crippen LogP contribution in [-0.4, -0.2) is 48.6 Å². The molecule has 6 heteroatoms. The summed E-state index contributed by atoms with van der Waals surface area (Å²) in [7, 11) is 0. The summed E-state index contributed by atoms with van der Waals surface area (Å²) in [6.45, 7) is 5.62. The van der Waals surface area contributed by atoms with Crippen molar-refractivity contribution in [2.75, 3.05) is 37.7 Å². The average Bonchev–Trinajstić information content (AvgIpc) is 2.67. The summed E-state index contributed by atoms with van der Waals surface area (Å²) >= 11 is 5.88. The normalized spacial score (nSPS) is 14.4. The average molecular weight is 374 g/mol. The van der Waals surface area contributed by atoms with Crippen LogP contribution >= 0.6 is 11.6 Å². The maximum absolute atomic E-state index is 12.4. The van der Waals surface area contributed by atoms with Crippen LogP contribution in [0.4, 0.5) is 5.82 Å². The highest BCUT2D eigenvalue weighted by Crippen LogP contribution is 2.18. The van der Waals surface area contributed by atoms with Crippen molar-refractivity contribution in [1.29, 1.82) is 0 Å². The number of hydrogen-bond acceptors (Lipinski definition) is 4. The largest absolute Gasteiger partial charge is 0.493 e. The van der Waals surface area contributed by atoms with Crippen LogP contribution in [0.5, 0.6) is 5.75 Å². The molecule has 1 aliphatic heterocycles. The molecular weight excluding hydrogens is 350 g/mol. The number of anilines is 1. The van der Waals surface area contributed by atoms with E-state index in [1.165, 1.54) is 0 Å². The van der Waals surface area contributed by atoms with Crippen molar-refractivity contribution < 1.29 is 9.53 Å². The minimum absolute atomic E-state index is 0.196. The Bertz CT molecular complexity index is 728. The second kappa shape index (κ2) is 8.90. The first kappa shape index (κ1) is 18.5. The molecule has 1 aromatic heterocycles. The van der Waals surface area contributed by atoms with E-state index in [0.29, 0.717) is 18.1 Å². The number of carbonyl (C=O) groups is 1. The zero-order valence-corrected chi connectivity index (χ0v) is 15.8. The molecule has 2 heterocycles. The Morgan fingerprint density at radius 1 is 1.15 bits per heavy atom. The first-order chi connectivity index (χ1) is 12.6. The molecule has 1 amide bonds. The molecule has 0 aliphatic carbocycles. The quantitative estimate of drug-likeness (QED) is 0.726. The van der Waals surface area contributed by atoms with Crippen molar-refractivity contribution in [3.05, 3.63) is 53.2 Å². The van der Waals surface area contributed by atoms with Gasteiger partial charge in [-0.05, 0) is 37.1 Å². The van der Waals surface area contributed by atoms with Gasteiger partial charge in [0.25, 0.3) is 0 Å². The summed E-state index contributed by atoms with van der Waals surface area (Å²) in [5.41, 5.74) is 1.12. The highest BCUT2D eigenvalue weighted by molar-refractivity contribution is 6.30. The second-order valence-electron chi connectivity index (χ2n) is 6.42. The van der Waals surface area contributed by atoms with Crippen molar-refractivity contribution in [3.63, 3.8) is 0 Å². The van der Waals surface area contributed by atoms with E-state index >= 15 is 0 Å². The van der Waals surface area contributed by atoms with Gasteiger partial charge in [-0.15, -0.1) is 0 Å². The zero-order valence-electron chi connectivity index (χ0n) is 15.0. The Morgan fingerprint density at radius 2 is 1.92 bits per heavy atom. The number of aromatic nitrogens is 1. The molecule has 0 saturated carbocycles. The van der Waals surface area contributed by atoms with Gasteiger partial charge < -0.3 is 14.5 Å². The van der Waals surface area contributed by atoms with Crippen LogP contribution in [0.15, 0.2) is 42.6 Å². The molecular formula is C20H24ClN3O2. The fourth-order valence-corrected chi connectivity index (χ4v) is 3.13. The maximum atomic E-state index is 12.4. The lowest BCUT2D eigenvalue weighted by Gasteiger charge is -2.35. The van der Waals surface area contributed by atoms with Gasteiger partial charge in [0.05, 0.1) is 11.6 Å². The molecule has 0 bridgehead atoms. The number of amides is 1. The second-order valence-corrected chi connectivity index (χ2v) is 6.86. The van der Waals surface area contributed by atoms with Gasteiger partial charge in [0.1, 0.15) is 11.6 Å². The molecule has 0 N–H and O–H groups in total. The van der Waals surface area contributed by atoms with Gasteiger partial charge in [0.15, 0.2) is 0 Å². The van der Waals surface area contributed by atoms with Crippen LogP contribution in [-0.2, 0) is 4.79 Å². The number of pyridine rings is 1. The van der Waals surface area contributed by atoms with Crippen molar-refractivity contribution >= 4 is 23.3 Å². The molecule has 0 unspecified atom stereocenters. The molecule has 0 atom stereocenters. The lowest BCUT2D eigenvalue weighted by atomic mass is 10.2. The number of aryl methyl sites for hydroxylation is 1. The summed E-state index contributed by atoms with van der Waals surface area (Å²) in [5.74, 6) is 2.00. The van der Waals surface area contributed by atoms with E-state index in [1.807, 2.05) is 48.2 Å². The Labute approximate surface area is 159 Å². The van der Waals surface area contributed by atoms with Gasteiger partial charge in [-0.2, -0.15) is 0 Å². The fraction of sp³-hybridized carbons (Fsp3) is 0.400. The minimum atomic E-state index is 0.196. The smallest absolute Gasteiger partial charge is 0.222 e. The van der Waals surface area contributed by atoms with E-state index in [0.717, 1.165) is 49.7 Å². The number of benzene rings is 1. The van der Waals surface area contributed by atoms with Crippen LogP contribution in [0.1, 0.15) is 18.4 Å². The number of carbonyl (C=O) groups excluding carboxylic acids is 1. The van der Waals surface area contributed by atoms with Gasteiger partial charge >= 0.3 is 0 Å². The molecule has 2 aromatic rings. The first-order valence-corrected chi connectivity index (χ1v) is 9.34. The molecule has 26 heavy (non-hydrogen) atoms. The molecule has 1 fully saturated rings. The summed E-state index contributed by atoms with van der Waals surface area (Å²) in [4.78, 5) is 20.8. The Balaban J connectivity index is 1.38. The molecule has 3 rings (SSSR count). The van der Waals surface area contributed by atoms with Crippen LogP contribution in [0.25, 0.3) is 0 Å². The zero-order chi connectivity index (χ0) is 18.4. The summed E-state index contributed by atoms with van der Waals surface area (Å²) in [5, 5.41) is 0.635. The fourth-order valence-electron chi connectivity index (χ4n) is 3.02. The SMILES string of the molecule is Cc1ccccc1OCCCC(=O)N1CCN(c2ccc(Cl)cn2)CC1. The van der Waals surface area contributed by atoms with E-state index in [9.17, 15) is 4.79 Å². The lowest BCUT2D eigenvalue weighted by Crippen LogP contribution is -2.49. The maximum Gasteiger partial charge on any atom is 0.222 e. The van der Waals surface area contributed by atoms with Crippen molar-refractivity contribution in [1.82, 2.24) is 9.88 Å². The van der Waals surface area contributed by atoms with Crippen molar-refractivity contribution in [2.24, 2.45) is 0 Å². The third-order valence-corrected chi connectivity index (χ3v) is 4.78. The molecule has 5 nitrogen and oxygen atoms in total. The predicted octanol–water partition coefficient (Wildman–Crippen LogP) is 3.55. The summed E-state index contributed by atoms with van der Waals surface area (Å²) < 4.78 is 5.76. The number of halogens is 1. The van der Waals surface area contributed by atoms with Gasteiger partial charge in [-0.25, -0.2) is 4.98 Å². The molecule has 0 spiro atoms. The van der Waals surface area contributed by atoms with E-state index in [2.05, 4.69) is 9.88 Å². The van der Waals surface area contributed by atoms with E-state index in [1.54, 1.807) is 6.20 Å². The van der Waals surface area contributed by atoms with Crippen LogP contribution < -0.4 is 9.64 Å². The van der Waals surface area contributed by atoms with Gasteiger partial charge in [-0.1, -0.05) is 29.8 Å². The Morgan fingerprint density at radius 3 is 2.62 bits per heavy atom. The lowest BCUT2D eigenvalue weighted by molar-refractivity contribution is -0.131. The van der Waals surface area contributed by atoms with Crippen molar-refractivity contribution in [3.8, 4) is 5.75 Å². The summed E-state index contributed by atoms with van der Waals surface area (Å²) in [6.07, 6.45) is 2.90. The van der Waals surface area contributed by atoms with Crippen LogP contribution in [0.2, 0.25) is 5.02 Å². The Hall–Kier alpha value is -2.27. The molecule has 138 valence electrons. The van der Waals surface area contributed by atoms with E-state index in [-0.39, 0.29) is 5.91 Å². The number of hydrogen-bond donors (Lipinski definition) is 0. The number of piperazine rings is 1. The predicted molar refractivity (Wildman–Crippen MR) is 104 cm³/mol. The first-order valence-electron chi connectivity index (χ1n) is 8.96. The summed E-state index contributed by atoms with van der Waals surface area (Å²) in [6, 6.07) is 11.7. The van der Waals surface area contributed by atoms with Gasteiger partial charge in [-0.3, -0.25) is 4.79 Å². The van der Waals surface area contributed by atoms with Crippen LogP contribution in [0, 0.1) is 6.92 Å². The standard InChI is InChI=1S/C20H24ClN3O2/c1-16-5-2-3-6-18(16)26-14-4-7-20(25)24-12-10-23(11-13-24)19-9-8-17(21)15-22-19/h2-3,5-6,8-9,15H,4,7,10-14H2,1H3. The van der Waals surface area contributed by atoms with Crippen LogP contribution in [0.3, 0.4) is 0 Å². The number of nitrogens with zero attached hydrogens (tertiary/aromatic N) is 3. The van der Waals surface area contributed by atoms with Gasteiger partial charge in [0, 0.05) is 38.8 Å². The Kier molecular flexibility index (Phi) is 6.34. The molecule has 1 saturated heterocycles. The highest BCUT2D eigenvalue weighted by atomic mass is 35.5. The topological polar surface area (TPSA) is 45.7 Å².